The summed E-state index contributed by atoms with van der Waals surface area (Å²) in [6.07, 6.45) is 0. The maximum Gasteiger partial charge on any atom is 0.249 e. The second-order valence-electron chi connectivity index (χ2n) is 6.20. The van der Waals surface area contributed by atoms with E-state index in [1.165, 1.54) is 0 Å². The maximum atomic E-state index is 12.7. The molecule has 3 aromatic rings. The van der Waals surface area contributed by atoms with E-state index in [0.29, 0.717) is 19.7 Å². The number of ether oxygens (including phenoxy) is 1. The zero-order chi connectivity index (χ0) is 18.0. The summed E-state index contributed by atoms with van der Waals surface area (Å²) in [6, 6.07) is 30.0. The highest BCUT2D eigenvalue weighted by atomic mass is 16.5. The third kappa shape index (κ3) is 5.57. The Bertz CT molecular complexity index is 747. The molecule has 0 fully saturated rings. The Labute approximate surface area is 154 Å². The van der Waals surface area contributed by atoms with Crippen LogP contribution in [0.4, 0.5) is 0 Å². The lowest BCUT2D eigenvalue weighted by molar-refractivity contribution is -0.137. The number of amides is 1. The molecule has 0 aliphatic rings. The first-order valence-corrected chi connectivity index (χ1v) is 8.78. The molecule has 3 nitrogen and oxygen atoms in total. The lowest BCUT2D eigenvalue weighted by atomic mass is 10.1. The number of nitrogens with zero attached hydrogens (tertiary/aromatic N) is 1. The van der Waals surface area contributed by atoms with Gasteiger partial charge in [0, 0.05) is 13.1 Å². The van der Waals surface area contributed by atoms with Crippen LogP contribution in [0.5, 0.6) is 0 Å². The Morgan fingerprint density at radius 3 is 1.54 bits per heavy atom. The molecule has 1 amide bonds. The molecule has 132 valence electrons. The summed E-state index contributed by atoms with van der Waals surface area (Å²) in [7, 11) is 0. The zero-order valence-electron chi connectivity index (χ0n) is 14.8. The van der Waals surface area contributed by atoms with Crippen LogP contribution < -0.4 is 0 Å². The first kappa shape index (κ1) is 17.9. The van der Waals surface area contributed by atoms with Gasteiger partial charge in [-0.15, -0.1) is 0 Å². The van der Waals surface area contributed by atoms with E-state index in [0.717, 1.165) is 16.7 Å². The van der Waals surface area contributed by atoms with Gasteiger partial charge in [-0.2, -0.15) is 0 Å². The van der Waals surface area contributed by atoms with Crippen molar-refractivity contribution in [3.8, 4) is 0 Å². The minimum atomic E-state index is -0.00589. The number of benzene rings is 3. The zero-order valence-corrected chi connectivity index (χ0v) is 14.8. The van der Waals surface area contributed by atoms with Crippen molar-refractivity contribution in [1.29, 1.82) is 0 Å². The second kappa shape index (κ2) is 9.54. The molecule has 0 aliphatic carbocycles. The summed E-state index contributed by atoms with van der Waals surface area (Å²) in [5.74, 6) is -0.00589. The van der Waals surface area contributed by atoms with E-state index >= 15 is 0 Å². The van der Waals surface area contributed by atoms with E-state index in [4.69, 9.17) is 4.74 Å². The summed E-state index contributed by atoms with van der Waals surface area (Å²) in [4.78, 5) is 14.6. The van der Waals surface area contributed by atoms with Crippen molar-refractivity contribution in [2.45, 2.75) is 19.7 Å². The van der Waals surface area contributed by atoms with Gasteiger partial charge in [0.2, 0.25) is 5.91 Å². The fourth-order valence-corrected chi connectivity index (χ4v) is 2.76. The maximum absolute atomic E-state index is 12.7. The number of carbonyl (C=O) groups is 1. The molecule has 3 aromatic carbocycles. The number of hydrogen-bond donors (Lipinski definition) is 0. The predicted octanol–water partition coefficient (Wildman–Crippen LogP) is 4.43. The molecule has 0 aliphatic heterocycles. The fraction of sp³-hybridized carbons (Fsp3) is 0.174. The van der Waals surface area contributed by atoms with Gasteiger partial charge in [-0.1, -0.05) is 91.0 Å². The topological polar surface area (TPSA) is 29.5 Å². The van der Waals surface area contributed by atoms with Crippen LogP contribution in [-0.4, -0.2) is 17.4 Å². The molecular weight excluding hydrogens is 322 g/mol. The van der Waals surface area contributed by atoms with Crippen LogP contribution >= 0.6 is 0 Å². The highest BCUT2D eigenvalue weighted by Crippen LogP contribution is 2.11. The van der Waals surface area contributed by atoms with Crippen molar-refractivity contribution < 1.29 is 9.53 Å². The third-order valence-electron chi connectivity index (χ3n) is 4.12. The normalized spacial score (nSPS) is 10.5. The molecule has 0 aromatic heterocycles. The van der Waals surface area contributed by atoms with Gasteiger partial charge in [0.1, 0.15) is 6.61 Å². The molecule has 3 rings (SSSR count). The Kier molecular flexibility index (Phi) is 6.57. The monoisotopic (exact) mass is 345 g/mol. The van der Waals surface area contributed by atoms with Gasteiger partial charge >= 0.3 is 0 Å². The molecular formula is C23H23NO2. The van der Waals surface area contributed by atoms with Crippen molar-refractivity contribution in [2.24, 2.45) is 0 Å². The lowest BCUT2D eigenvalue weighted by Gasteiger charge is -2.23. The predicted molar refractivity (Wildman–Crippen MR) is 103 cm³/mol. The van der Waals surface area contributed by atoms with E-state index in [1.54, 1.807) is 0 Å². The van der Waals surface area contributed by atoms with E-state index < -0.39 is 0 Å². The molecule has 0 atom stereocenters. The minimum Gasteiger partial charge on any atom is -0.367 e. The van der Waals surface area contributed by atoms with Crippen molar-refractivity contribution in [1.82, 2.24) is 4.90 Å². The quantitative estimate of drug-likeness (QED) is 0.604. The van der Waals surface area contributed by atoms with Gasteiger partial charge in [0.05, 0.1) is 6.61 Å². The van der Waals surface area contributed by atoms with E-state index in [2.05, 4.69) is 0 Å². The fourth-order valence-electron chi connectivity index (χ4n) is 2.76. The van der Waals surface area contributed by atoms with Crippen LogP contribution in [0.25, 0.3) is 0 Å². The third-order valence-corrected chi connectivity index (χ3v) is 4.12. The van der Waals surface area contributed by atoms with Gasteiger partial charge in [-0.25, -0.2) is 0 Å². The standard InChI is InChI=1S/C23H23NO2/c25-23(19-26-18-22-14-8-3-9-15-22)24(16-20-10-4-1-5-11-20)17-21-12-6-2-7-13-21/h1-15H,16-19H2. The first-order chi connectivity index (χ1) is 12.8. The summed E-state index contributed by atoms with van der Waals surface area (Å²) in [5, 5.41) is 0. The average molecular weight is 345 g/mol. The van der Waals surface area contributed by atoms with E-state index in [1.807, 2.05) is 95.9 Å². The van der Waals surface area contributed by atoms with Crippen LogP contribution in [0.1, 0.15) is 16.7 Å². The van der Waals surface area contributed by atoms with Crippen molar-refractivity contribution >= 4 is 5.91 Å². The molecule has 0 spiro atoms. The summed E-state index contributed by atoms with van der Waals surface area (Å²) in [5.41, 5.74) is 3.29. The number of carbonyl (C=O) groups excluding carboxylic acids is 1. The average Bonchev–Trinajstić information content (AvgIpc) is 2.70. The van der Waals surface area contributed by atoms with Crippen LogP contribution in [0.15, 0.2) is 91.0 Å². The number of rotatable bonds is 8. The van der Waals surface area contributed by atoms with Gasteiger partial charge in [0.25, 0.3) is 0 Å². The van der Waals surface area contributed by atoms with Crippen LogP contribution in [0, 0.1) is 0 Å². The van der Waals surface area contributed by atoms with Gasteiger partial charge in [0.15, 0.2) is 0 Å². The van der Waals surface area contributed by atoms with Crippen LogP contribution in [-0.2, 0) is 29.2 Å². The molecule has 26 heavy (non-hydrogen) atoms. The van der Waals surface area contributed by atoms with E-state index in [-0.39, 0.29) is 12.5 Å². The molecule has 0 heterocycles. The van der Waals surface area contributed by atoms with Crippen molar-refractivity contribution in [2.75, 3.05) is 6.61 Å². The Morgan fingerprint density at radius 2 is 1.08 bits per heavy atom. The summed E-state index contributed by atoms with van der Waals surface area (Å²) >= 11 is 0. The van der Waals surface area contributed by atoms with Gasteiger partial charge < -0.3 is 9.64 Å². The molecule has 0 N–H and O–H groups in total. The molecule has 0 radical (unpaired) electrons. The van der Waals surface area contributed by atoms with Crippen molar-refractivity contribution in [3.63, 3.8) is 0 Å². The molecule has 0 unspecified atom stereocenters. The second-order valence-corrected chi connectivity index (χ2v) is 6.20. The van der Waals surface area contributed by atoms with Gasteiger partial charge in [-0.05, 0) is 16.7 Å². The van der Waals surface area contributed by atoms with Crippen molar-refractivity contribution in [3.05, 3.63) is 108 Å². The number of hydrogen-bond acceptors (Lipinski definition) is 2. The Morgan fingerprint density at radius 1 is 0.654 bits per heavy atom. The van der Waals surface area contributed by atoms with Crippen LogP contribution in [0.3, 0.4) is 0 Å². The van der Waals surface area contributed by atoms with Crippen LogP contribution in [0.2, 0.25) is 0 Å². The highest BCUT2D eigenvalue weighted by molar-refractivity contribution is 5.77. The Balaban J connectivity index is 1.62. The Hall–Kier alpha value is -2.91. The summed E-state index contributed by atoms with van der Waals surface area (Å²) in [6.45, 7) is 1.66. The summed E-state index contributed by atoms with van der Waals surface area (Å²) < 4.78 is 5.65. The lowest BCUT2D eigenvalue weighted by Crippen LogP contribution is -2.33. The van der Waals surface area contributed by atoms with Gasteiger partial charge in [-0.3, -0.25) is 4.79 Å². The SMILES string of the molecule is O=C(COCc1ccccc1)N(Cc1ccccc1)Cc1ccccc1. The molecule has 0 bridgehead atoms. The smallest absolute Gasteiger partial charge is 0.249 e. The largest absolute Gasteiger partial charge is 0.367 e. The minimum absolute atomic E-state index is 0.00589. The molecule has 3 heteroatoms. The molecule has 0 saturated carbocycles. The first-order valence-electron chi connectivity index (χ1n) is 8.78. The highest BCUT2D eigenvalue weighted by Gasteiger charge is 2.15. The molecule has 0 saturated heterocycles. The van der Waals surface area contributed by atoms with E-state index in [9.17, 15) is 4.79 Å².